The number of carboxylic acid groups (broad SMARTS) is 2. The highest BCUT2D eigenvalue weighted by molar-refractivity contribution is 5.73. The Balaban J connectivity index is 0. The van der Waals surface area contributed by atoms with Crippen LogP contribution in [0.15, 0.2) is 30.6 Å². The Bertz CT molecular complexity index is 419. The molecule has 1 N–H and O–H groups in total. The van der Waals surface area contributed by atoms with Crippen molar-refractivity contribution in [3.05, 3.63) is 30.6 Å². The summed E-state index contributed by atoms with van der Waals surface area (Å²) in [5, 5.41) is 15.9. The Labute approximate surface area is 114 Å². The van der Waals surface area contributed by atoms with Crippen LogP contribution in [0.2, 0.25) is 0 Å². The van der Waals surface area contributed by atoms with Gasteiger partial charge in [-0.1, -0.05) is 6.07 Å². The average Bonchev–Trinajstić information content (AvgIpc) is 2.28. The molecule has 5 nitrogen and oxygen atoms in total. The first-order chi connectivity index (χ1) is 9.28. The molecule has 11 heteroatoms. The minimum atomic E-state index is -5.19. The summed E-state index contributed by atoms with van der Waals surface area (Å²) in [5.74, 6) is -5.76. The van der Waals surface area contributed by atoms with E-state index >= 15 is 0 Å². The number of carbonyl (C=O) groups excluding carboxylic acids is 1. The number of carboxylic acids is 2. The fraction of sp³-hybridized carbons (Fsp3) is 0.300. The van der Waals surface area contributed by atoms with Gasteiger partial charge in [0.2, 0.25) is 0 Å². The van der Waals surface area contributed by atoms with Crippen molar-refractivity contribution in [1.29, 1.82) is 0 Å². The molecule has 0 aliphatic rings. The predicted molar refractivity (Wildman–Crippen MR) is 52.4 cm³/mol. The number of aliphatic carboxylic acids is 2. The van der Waals surface area contributed by atoms with E-state index in [2.05, 4.69) is 0 Å². The Morgan fingerprint density at radius 2 is 1.24 bits per heavy atom. The summed E-state index contributed by atoms with van der Waals surface area (Å²) in [5.41, 5.74) is 0. The summed E-state index contributed by atoms with van der Waals surface area (Å²) < 4.78 is 65.3. The molecule has 1 rings (SSSR count). The summed E-state index contributed by atoms with van der Waals surface area (Å²) in [6.07, 6.45) is -6.28. The highest BCUT2D eigenvalue weighted by Crippen LogP contribution is 2.13. The van der Waals surface area contributed by atoms with Gasteiger partial charge in [0.15, 0.2) is 12.4 Å². The smallest absolute Gasteiger partial charge is 0.490 e. The first kappa shape index (κ1) is 21.0. The Morgan fingerprint density at radius 3 is 1.33 bits per heavy atom. The highest BCUT2D eigenvalue weighted by Gasteiger charge is 2.38. The normalized spacial score (nSPS) is 10.4. The third-order valence-electron chi connectivity index (χ3n) is 1.34. The quantitative estimate of drug-likeness (QED) is 0.555. The second-order valence-corrected chi connectivity index (χ2v) is 3.13. The molecular weight excluding hydrogens is 312 g/mol. The second kappa shape index (κ2) is 8.76. The first-order valence-corrected chi connectivity index (χ1v) is 4.77. The lowest BCUT2D eigenvalue weighted by Crippen LogP contribution is -2.37. The summed E-state index contributed by atoms with van der Waals surface area (Å²) in [6.45, 7) is 0. The van der Waals surface area contributed by atoms with Crippen molar-refractivity contribution in [2.45, 2.75) is 12.4 Å². The SMILES string of the molecule is C[n+]1ccccc1.O=C(O)C(F)(F)F.O=C([O-])C(F)(F)F. The molecule has 0 atom stereocenters. The predicted octanol–water partition coefficient (Wildman–Crippen LogP) is 0.443. The van der Waals surface area contributed by atoms with Gasteiger partial charge in [-0.3, -0.25) is 0 Å². The van der Waals surface area contributed by atoms with Gasteiger partial charge in [0, 0.05) is 12.1 Å². The molecule has 0 saturated carbocycles. The monoisotopic (exact) mass is 321 g/mol. The van der Waals surface area contributed by atoms with Crippen molar-refractivity contribution in [2.24, 2.45) is 7.05 Å². The van der Waals surface area contributed by atoms with Crippen LogP contribution in [0.1, 0.15) is 0 Å². The lowest BCUT2D eigenvalue weighted by atomic mass is 10.5. The van der Waals surface area contributed by atoms with Crippen molar-refractivity contribution in [1.82, 2.24) is 0 Å². The topological polar surface area (TPSA) is 81.3 Å². The number of hydrogen-bond acceptors (Lipinski definition) is 3. The van der Waals surface area contributed by atoms with Gasteiger partial charge in [-0.2, -0.15) is 26.3 Å². The average molecular weight is 321 g/mol. The van der Waals surface area contributed by atoms with Crippen molar-refractivity contribution in [3.63, 3.8) is 0 Å². The van der Waals surface area contributed by atoms with Crippen LogP contribution in [0, 0.1) is 0 Å². The van der Waals surface area contributed by atoms with Crippen molar-refractivity contribution < 1.29 is 50.7 Å². The maximum Gasteiger partial charge on any atom is 0.490 e. The Hall–Kier alpha value is -2.33. The maximum atomic E-state index is 10.6. The number of rotatable bonds is 0. The summed E-state index contributed by atoms with van der Waals surface area (Å²) in [7, 11) is 2.00. The zero-order valence-electron chi connectivity index (χ0n) is 10.3. The molecule has 1 heterocycles. The number of hydrogen-bond donors (Lipinski definition) is 1. The standard InChI is InChI=1S/C6H8N.2C2HF3O2/c1-7-5-3-2-4-6-7;2*3-2(4,5)1(6)7/h2-6H,1H3;2*(H,6,7)/q+1;;/p-1. The van der Waals surface area contributed by atoms with Crippen LogP contribution in [0.25, 0.3) is 0 Å². The molecule has 0 amide bonds. The van der Waals surface area contributed by atoms with Gasteiger partial charge >= 0.3 is 18.3 Å². The van der Waals surface area contributed by atoms with Crippen LogP contribution < -0.4 is 9.67 Å². The van der Waals surface area contributed by atoms with Crippen molar-refractivity contribution >= 4 is 11.9 Å². The third kappa shape index (κ3) is 13.9. The van der Waals surface area contributed by atoms with Gasteiger partial charge in [0.1, 0.15) is 13.0 Å². The van der Waals surface area contributed by atoms with Gasteiger partial charge in [0.05, 0.1) is 0 Å². The van der Waals surface area contributed by atoms with E-state index in [9.17, 15) is 26.3 Å². The molecule has 0 aromatic carbocycles. The number of carbonyl (C=O) groups is 2. The number of aryl methyl sites for hydroxylation is 1. The molecule has 0 spiro atoms. The minimum Gasteiger partial charge on any atom is -0.542 e. The number of halogens is 6. The zero-order valence-corrected chi connectivity index (χ0v) is 10.3. The molecule has 0 aliphatic carbocycles. The van der Waals surface area contributed by atoms with Crippen LogP contribution in [0.5, 0.6) is 0 Å². The molecule has 0 bridgehead atoms. The molecule has 21 heavy (non-hydrogen) atoms. The van der Waals surface area contributed by atoms with Crippen LogP contribution in [0.3, 0.4) is 0 Å². The number of alkyl halides is 6. The number of aromatic nitrogens is 1. The Morgan fingerprint density at radius 1 is 0.952 bits per heavy atom. The van der Waals surface area contributed by atoms with E-state index in [1.165, 1.54) is 0 Å². The summed E-state index contributed by atoms with van der Waals surface area (Å²) in [4.78, 5) is 17.7. The van der Waals surface area contributed by atoms with Crippen molar-refractivity contribution in [3.8, 4) is 0 Å². The van der Waals surface area contributed by atoms with E-state index in [-0.39, 0.29) is 0 Å². The van der Waals surface area contributed by atoms with E-state index in [1.807, 2.05) is 42.2 Å². The van der Waals surface area contributed by atoms with Gasteiger partial charge < -0.3 is 15.0 Å². The molecule has 0 aliphatic heterocycles. The van der Waals surface area contributed by atoms with E-state index < -0.39 is 24.3 Å². The molecule has 0 saturated heterocycles. The first-order valence-electron chi connectivity index (χ1n) is 4.77. The summed E-state index contributed by atoms with van der Waals surface area (Å²) >= 11 is 0. The molecule has 0 unspecified atom stereocenters. The number of nitrogens with zero attached hydrogens (tertiary/aromatic N) is 1. The van der Waals surface area contributed by atoms with Gasteiger partial charge in [-0.05, 0) is 0 Å². The lowest BCUT2D eigenvalue weighted by molar-refractivity contribution is -0.671. The van der Waals surface area contributed by atoms with E-state index in [0.29, 0.717) is 0 Å². The molecular formula is C10H9F6NO4. The Kier molecular flexibility index (Phi) is 8.75. The van der Waals surface area contributed by atoms with Crippen LogP contribution >= 0.6 is 0 Å². The summed E-state index contributed by atoms with van der Waals surface area (Å²) in [6, 6.07) is 6.00. The number of pyridine rings is 1. The van der Waals surface area contributed by atoms with Gasteiger partial charge in [-0.25, -0.2) is 9.36 Å². The molecule has 0 radical (unpaired) electrons. The van der Waals surface area contributed by atoms with Crippen LogP contribution in [-0.4, -0.2) is 29.4 Å². The fourth-order valence-electron chi connectivity index (χ4n) is 0.485. The van der Waals surface area contributed by atoms with Gasteiger partial charge in [-0.15, -0.1) is 0 Å². The zero-order chi connectivity index (χ0) is 17.3. The van der Waals surface area contributed by atoms with E-state index in [0.717, 1.165) is 0 Å². The van der Waals surface area contributed by atoms with Crippen LogP contribution in [-0.2, 0) is 16.6 Å². The lowest BCUT2D eigenvalue weighted by Gasteiger charge is -2.03. The third-order valence-corrected chi connectivity index (χ3v) is 1.34. The molecule has 0 fully saturated rings. The second-order valence-electron chi connectivity index (χ2n) is 3.13. The molecule has 120 valence electrons. The molecule has 1 aromatic rings. The van der Waals surface area contributed by atoms with Crippen LogP contribution in [0.4, 0.5) is 26.3 Å². The van der Waals surface area contributed by atoms with Crippen molar-refractivity contribution in [2.75, 3.05) is 0 Å². The minimum absolute atomic E-state index is 2.00. The van der Waals surface area contributed by atoms with Gasteiger partial charge in [0.25, 0.3) is 0 Å². The van der Waals surface area contributed by atoms with E-state index in [1.54, 1.807) is 0 Å². The largest absolute Gasteiger partial charge is 0.542 e. The maximum absolute atomic E-state index is 10.6. The highest BCUT2D eigenvalue weighted by atomic mass is 19.4. The molecule has 1 aromatic heterocycles. The fourth-order valence-corrected chi connectivity index (χ4v) is 0.485. The van der Waals surface area contributed by atoms with E-state index in [4.69, 9.17) is 19.8 Å².